The lowest BCUT2D eigenvalue weighted by Gasteiger charge is -2.01. The van der Waals surface area contributed by atoms with Crippen LogP contribution in [0.2, 0.25) is 0 Å². The topological polar surface area (TPSA) is 170 Å². The van der Waals surface area contributed by atoms with Gasteiger partial charge in [-0.1, -0.05) is 0 Å². The van der Waals surface area contributed by atoms with E-state index in [0.29, 0.717) is 0 Å². The highest BCUT2D eigenvalue weighted by Crippen LogP contribution is 1.83. The lowest BCUT2D eigenvalue weighted by molar-refractivity contribution is -0.135. The number of nitrogens with zero attached hydrogens (tertiary/aromatic N) is 8. The predicted octanol–water partition coefficient (Wildman–Crippen LogP) is -3.31. The van der Waals surface area contributed by atoms with E-state index in [1.165, 1.54) is 14.2 Å². The molecule has 2 aromatic heterocycles. The number of aromatic nitrogens is 8. The molecule has 0 radical (unpaired) electrons. The molecular formula is C12H15N9O6. The van der Waals surface area contributed by atoms with E-state index in [0.717, 1.165) is 43.3 Å². The van der Waals surface area contributed by atoms with Crippen molar-refractivity contribution >= 4 is 24.3 Å². The molecule has 0 amide bonds. The van der Waals surface area contributed by atoms with Gasteiger partial charge in [-0.2, -0.15) is 18.7 Å². The minimum absolute atomic E-state index is 0.0950. The fourth-order valence-electron chi connectivity index (χ4n) is 1.62. The first-order valence-electron chi connectivity index (χ1n) is 7.24. The lowest BCUT2D eigenvalue weighted by Crippen LogP contribution is -2.34. The third-order valence-electron chi connectivity index (χ3n) is 2.95. The molecule has 2 aromatic rings. The summed E-state index contributed by atoms with van der Waals surface area (Å²) < 4.78 is 12.4. The Bertz CT molecular complexity index is 900. The summed E-state index contributed by atoms with van der Waals surface area (Å²) in [4.78, 5) is 45.9. The lowest BCUT2D eigenvalue weighted by atomic mass is 10.6. The van der Waals surface area contributed by atoms with Gasteiger partial charge < -0.3 is 9.47 Å². The number of carbonyl (C=O) groups is 2. The second-order valence-corrected chi connectivity index (χ2v) is 4.66. The van der Waals surface area contributed by atoms with Crippen LogP contribution in [0.15, 0.2) is 21.7 Å². The summed E-state index contributed by atoms with van der Waals surface area (Å²) in [6, 6.07) is 0. The Kier molecular flexibility index (Phi) is 6.48. The fraction of sp³-hybridized carbons (Fsp3) is 0.333. The molecule has 0 aromatic carbocycles. The van der Waals surface area contributed by atoms with Crippen LogP contribution in [0.3, 0.4) is 0 Å². The molecule has 0 saturated carbocycles. The molecule has 0 saturated heterocycles. The fourth-order valence-corrected chi connectivity index (χ4v) is 1.62. The molecule has 0 spiro atoms. The van der Waals surface area contributed by atoms with Crippen molar-refractivity contribution in [2.24, 2.45) is 0 Å². The van der Waals surface area contributed by atoms with Crippen LogP contribution in [0.4, 0.5) is 0 Å². The zero-order valence-corrected chi connectivity index (χ0v) is 14.3. The van der Waals surface area contributed by atoms with Crippen molar-refractivity contribution in [1.82, 2.24) is 44.9 Å². The van der Waals surface area contributed by atoms with Crippen LogP contribution >= 0.6 is 0 Å². The molecule has 15 nitrogen and oxygen atoms in total. The minimum Gasteiger partial charge on any atom is -0.466 e. The summed E-state index contributed by atoms with van der Waals surface area (Å²) in [6.45, 7) is -0.190. The number of ether oxygens (including phenoxy) is 2. The van der Waals surface area contributed by atoms with Crippen molar-refractivity contribution in [3.63, 3.8) is 0 Å². The molecule has 0 aliphatic heterocycles. The molecule has 2 rings (SSSR count). The van der Waals surface area contributed by atoms with Crippen molar-refractivity contribution in [2.75, 3.05) is 14.2 Å². The predicted molar refractivity (Wildman–Crippen MR) is 86.4 cm³/mol. The number of hydrogen-bond donors (Lipinski definition) is 1. The largest absolute Gasteiger partial charge is 0.466 e. The van der Waals surface area contributed by atoms with E-state index in [2.05, 4.69) is 35.6 Å². The Hall–Kier alpha value is -3.88. The highest BCUT2D eigenvalue weighted by atomic mass is 16.5. The molecule has 0 unspecified atom stereocenters. The molecular weight excluding hydrogens is 366 g/mol. The van der Waals surface area contributed by atoms with E-state index in [9.17, 15) is 19.2 Å². The molecule has 15 heteroatoms. The summed E-state index contributed by atoms with van der Waals surface area (Å²) in [7, 11) is 2.39. The van der Waals surface area contributed by atoms with E-state index >= 15 is 0 Å². The number of rotatable bonds is 8. The second-order valence-electron chi connectivity index (χ2n) is 4.66. The zero-order chi connectivity index (χ0) is 19.8. The SMILES string of the molecule is COC(=O)/C=C/n1nnn(CNCn2nnn(/C=C/C(=O)OC)c2=O)c1=O. The van der Waals surface area contributed by atoms with Crippen LogP contribution in [-0.2, 0) is 32.4 Å². The van der Waals surface area contributed by atoms with E-state index in [-0.39, 0.29) is 13.3 Å². The Morgan fingerprint density at radius 2 is 1.26 bits per heavy atom. The van der Waals surface area contributed by atoms with E-state index in [1.54, 1.807) is 0 Å². The van der Waals surface area contributed by atoms with Gasteiger partial charge in [0.05, 0.1) is 27.6 Å². The molecule has 0 fully saturated rings. The van der Waals surface area contributed by atoms with Crippen LogP contribution in [0, 0.1) is 0 Å². The minimum atomic E-state index is -0.654. The molecule has 0 bridgehead atoms. The smallest absolute Gasteiger partial charge is 0.369 e. The first-order valence-corrected chi connectivity index (χ1v) is 7.24. The van der Waals surface area contributed by atoms with Gasteiger partial charge in [-0.15, -0.1) is 0 Å². The Balaban J connectivity index is 1.96. The van der Waals surface area contributed by atoms with Crippen LogP contribution in [-0.4, -0.2) is 65.7 Å². The number of esters is 2. The molecule has 0 aliphatic rings. The number of carbonyl (C=O) groups excluding carboxylic acids is 2. The van der Waals surface area contributed by atoms with E-state index in [4.69, 9.17) is 0 Å². The standard InChI is InChI=1S/C12H15N9O6/c1-26-9(22)3-5-18-11(24)20(16-14-18)7-13-8-21-12(25)19(15-17-21)6-4-10(23)27-2/h3-6,13H,7-8H2,1-2H3/b5-3+,6-4+. The van der Waals surface area contributed by atoms with Crippen molar-refractivity contribution in [2.45, 2.75) is 13.3 Å². The van der Waals surface area contributed by atoms with Gasteiger partial charge in [-0.3, -0.25) is 5.32 Å². The quantitative estimate of drug-likeness (QED) is 0.358. The van der Waals surface area contributed by atoms with Gasteiger partial charge in [0.2, 0.25) is 0 Å². The maximum absolute atomic E-state index is 12.0. The van der Waals surface area contributed by atoms with Gasteiger partial charge in [-0.05, 0) is 20.9 Å². The van der Waals surface area contributed by atoms with E-state index in [1.807, 2.05) is 0 Å². The third kappa shape index (κ3) is 5.05. The first-order chi connectivity index (χ1) is 13.0. The van der Waals surface area contributed by atoms with Crippen molar-refractivity contribution in [3.05, 3.63) is 33.1 Å². The van der Waals surface area contributed by atoms with Gasteiger partial charge >= 0.3 is 23.3 Å². The maximum Gasteiger partial charge on any atom is 0.369 e. The summed E-state index contributed by atoms with van der Waals surface area (Å²) in [6.07, 6.45) is 4.21. The summed E-state index contributed by atoms with van der Waals surface area (Å²) in [5.41, 5.74) is -1.25. The number of nitrogens with one attached hydrogen (secondary N) is 1. The van der Waals surface area contributed by atoms with Gasteiger partial charge in [-0.25, -0.2) is 19.2 Å². The van der Waals surface area contributed by atoms with Gasteiger partial charge in [0, 0.05) is 24.6 Å². The highest BCUT2D eigenvalue weighted by molar-refractivity contribution is 5.85. The summed E-state index contributed by atoms with van der Waals surface area (Å²) in [5, 5.41) is 17.0. The average molecular weight is 381 g/mol. The van der Waals surface area contributed by atoms with Crippen molar-refractivity contribution in [1.29, 1.82) is 0 Å². The number of tetrazole rings is 2. The van der Waals surface area contributed by atoms with Gasteiger partial charge in [0.1, 0.15) is 0 Å². The summed E-state index contributed by atoms with van der Waals surface area (Å²) >= 11 is 0. The van der Waals surface area contributed by atoms with Crippen LogP contribution in [0.25, 0.3) is 12.4 Å². The Morgan fingerprint density at radius 1 is 0.852 bits per heavy atom. The van der Waals surface area contributed by atoms with Gasteiger partial charge in [0.15, 0.2) is 0 Å². The number of methoxy groups -OCH3 is 2. The summed E-state index contributed by atoms with van der Waals surface area (Å²) in [5.74, 6) is -1.31. The normalized spacial score (nSPS) is 11.3. The average Bonchev–Trinajstić information content (AvgIpc) is 3.20. The maximum atomic E-state index is 12.0. The Morgan fingerprint density at radius 3 is 1.63 bits per heavy atom. The molecule has 1 N–H and O–H groups in total. The molecule has 144 valence electrons. The van der Waals surface area contributed by atoms with Crippen LogP contribution in [0.1, 0.15) is 0 Å². The zero-order valence-electron chi connectivity index (χ0n) is 14.3. The second kappa shape index (κ2) is 8.99. The van der Waals surface area contributed by atoms with Crippen LogP contribution in [0.5, 0.6) is 0 Å². The molecule has 27 heavy (non-hydrogen) atoms. The van der Waals surface area contributed by atoms with Crippen molar-refractivity contribution in [3.8, 4) is 0 Å². The highest BCUT2D eigenvalue weighted by Gasteiger charge is 2.07. The monoisotopic (exact) mass is 381 g/mol. The Labute approximate surface area is 150 Å². The van der Waals surface area contributed by atoms with Gasteiger partial charge in [0.25, 0.3) is 0 Å². The van der Waals surface area contributed by atoms with Crippen LogP contribution < -0.4 is 16.7 Å². The van der Waals surface area contributed by atoms with Crippen molar-refractivity contribution < 1.29 is 19.1 Å². The number of hydrogen-bond acceptors (Lipinski definition) is 11. The molecule has 0 atom stereocenters. The molecule has 2 heterocycles. The third-order valence-corrected chi connectivity index (χ3v) is 2.95. The van der Waals surface area contributed by atoms with E-state index < -0.39 is 23.3 Å². The molecule has 0 aliphatic carbocycles. The first kappa shape index (κ1) is 19.4.